The normalized spacial score (nSPS) is 9.73. The van der Waals surface area contributed by atoms with Crippen molar-refractivity contribution in [1.82, 2.24) is 4.98 Å². The average molecular weight is 151 g/mol. The molecule has 0 radical (unpaired) electrons. The highest BCUT2D eigenvalue weighted by atomic mass is 16.5. The minimum Gasteiger partial charge on any atom is -0.481 e. The highest BCUT2D eigenvalue weighted by molar-refractivity contribution is 5.33. The molecule has 1 aromatic rings. The van der Waals surface area contributed by atoms with Gasteiger partial charge in [-0.05, 0) is 25.0 Å². The number of aromatic nitrogens is 1. The van der Waals surface area contributed by atoms with Crippen molar-refractivity contribution >= 4 is 0 Å². The Morgan fingerprint density at radius 1 is 1.55 bits per heavy atom. The fraction of sp³-hybridized carbons (Fsp3) is 0.444. The molecule has 2 nitrogen and oxygen atoms in total. The molecule has 0 fully saturated rings. The van der Waals surface area contributed by atoms with Gasteiger partial charge in [0, 0.05) is 11.8 Å². The van der Waals surface area contributed by atoms with E-state index in [1.54, 1.807) is 13.3 Å². The van der Waals surface area contributed by atoms with Crippen molar-refractivity contribution in [3.05, 3.63) is 23.4 Å². The van der Waals surface area contributed by atoms with Crippen LogP contribution in [0.15, 0.2) is 12.3 Å². The van der Waals surface area contributed by atoms with Crippen LogP contribution in [0.2, 0.25) is 0 Å². The van der Waals surface area contributed by atoms with E-state index in [4.69, 9.17) is 4.74 Å². The summed E-state index contributed by atoms with van der Waals surface area (Å²) in [4.78, 5) is 4.11. The summed E-state index contributed by atoms with van der Waals surface area (Å²) in [6.07, 6.45) is 2.75. The van der Waals surface area contributed by atoms with Crippen molar-refractivity contribution < 1.29 is 4.74 Å². The number of pyridine rings is 1. The molecule has 0 aliphatic heterocycles. The van der Waals surface area contributed by atoms with Gasteiger partial charge < -0.3 is 4.74 Å². The molecule has 11 heavy (non-hydrogen) atoms. The molecule has 0 unspecified atom stereocenters. The maximum absolute atomic E-state index is 5.11. The van der Waals surface area contributed by atoms with Gasteiger partial charge in [0.1, 0.15) is 0 Å². The smallest absolute Gasteiger partial charge is 0.216 e. The van der Waals surface area contributed by atoms with E-state index in [0.717, 1.165) is 12.3 Å². The van der Waals surface area contributed by atoms with Crippen LogP contribution in [0.5, 0.6) is 5.88 Å². The fourth-order valence-corrected chi connectivity index (χ4v) is 1.17. The summed E-state index contributed by atoms with van der Waals surface area (Å²) >= 11 is 0. The second-order valence-electron chi connectivity index (χ2n) is 2.47. The standard InChI is InChI=1S/C9H13NO/c1-4-8-7(2)5-6-10-9(8)11-3/h5-6H,4H2,1-3H3. The Labute approximate surface area is 67.2 Å². The minimum absolute atomic E-state index is 0.757. The van der Waals surface area contributed by atoms with Crippen LogP contribution in [-0.4, -0.2) is 12.1 Å². The molecule has 0 amide bonds. The van der Waals surface area contributed by atoms with Crippen LogP contribution in [0.4, 0.5) is 0 Å². The maximum Gasteiger partial charge on any atom is 0.216 e. The Bertz CT molecular complexity index is 245. The molecule has 0 N–H and O–H groups in total. The lowest BCUT2D eigenvalue weighted by Crippen LogP contribution is -1.95. The lowest BCUT2D eigenvalue weighted by molar-refractivity contribution is 0.392. The van der Waals surface area contributed by atoms with Gasteiger partial charge in [0.2, 0.25) is 5.88 Å². The summed E-state index contributed by atoms with van der Waals surface area (Å²) < 4.78 is 5.11. The zero-order valence-electron chi connectivity index (χ0n) is 7.22. The largest absolute Gasteiger partial charge is 0.481 e. The molecule has 0 saturated heterocycles. The predicted molar refractivity (Wildman–Crippen MR) is 44.9 cm³/mol. The third kappa shape index (κ3) is 1.50. The summed E-state index contributed by atoms with van der Waals surface area (Å²) in [6.45, 7) is 4.18. The molecule has 0 atom stereocenters. The molecular weight excluding hydrogens is 138 g/mol. The number of methoxy groups -OCH3 is 1. The number of aryl methyl sites for hydroxylation is 1. The molecule has 1 aromatic heterocycles. The molecule has 0 aliphatic carbocycles. The Morgan fingerprint density at radius 2 is 2.27 bits per heavy atom. The van der Waals surface area contributed by atoms with Crippen molar-refractivity contribution in [2.24, 2.45) is 0 Å². The predicted octanol–water partition coefficient (Wildman–Crippen LogP) is 1.96. The molecular formula is C9H13NO. The summed E-state index contributed by atoms with van der Waals surface area (Å²) in [5.74, 6) is 0.757. The lowest BCUT2D eigenvalue weighted by atomic mass is 10.1. The Morgan fingerprint density at radius 3 is 2.73 bits per heavy atom. The van der Waals surface area contributed by atoms with E-state index in [1.807, 2.05) is 6.07 Å². The van der Waals surface area contributed by atoms with Gasteiger partial charge in [0.15, 0.2) is 0 Å². The molecule has 0 saturated carbocycles. The molecule has 2 heteroatoms. The molecule has 0 spiro atoms. The van der Waals surface area contributed by atoms with Crippen molar-refractivity contribution in [3.63, 3.8) is 0 Å². The topological polar surface area (TPSA) is 22.1 Å². The van der Waals surface area contributed by atoms with E-state index in [2.05, 4.69) is 18.8 Å². The Kier molecular flexibility index (Phi) is 2.47. The number of ether oxygens (including phenoxy) is 1. The van der Waals surface area contributed by atoms with Crippen LogP contribution in [0, 0.1) is 6.92 Å². The quantitative estimate of drug-likeness (QED) is 0.644. The van der Waals surface area contributed by atoms with E-state index >= 15 is 0 Å². The summed E-state index contributed by atoms with van der Waals surface area (Å²) in [7, 11) is 1.65. The van der Waals surface area contributed by atoms with Crippen molar-refractivity contribution in [1.29, 1.82) is 0 Å². The Balaban J connectivity index is 3.13. The summed E-state index contributed by atoms with van der Waals surface area (Å²) in [5, 5.41) is 0. The molecule has 0 aromatic carbocycles. The van der Waals surface area contributed by atoms with Gasteiger partial charge in [-0.3, -0.25) is 0 Å². The number of rotatable bonds is 2. The highest BCUT2D eigenvalue weighted by Crippen LogP contribution is 2.18. The zero-order valence-corrected chi connectivity index (χ0v) is 7.22. The van der Waals surface area contributed by atoms with Crippen molar-refractivity contribution in [3.8, 4) is 5.88 Å². The monoisotopic (exact) mass is 151 g/mol. The second kappa shape index (κ2) is 3.37. The lowest BCUT2D eigenvalue weighted by Gasteiger charge is -2.06. The van der Waals surface area contributed by atoms with Crippen LogP contribution in [0.25, 0.3) is 0 Å². The molecule has 1 rings (SSSR count). The first-order valence-electron chi connectivity index (χ1n) is 3.78. The first kappa shape index (κ1) is 8.05. The van der Waals surface area contributed by atoms with E-state index < -0.39 is 0 Å². The van der Waals surface area contributed by atoms with Gasteiger partial charge in [-0.15, -0.1) is 0 Å². The number of hydrogen-bond donors (Lipinski definition) is 0. The van der Waals surface area contributed by atoms with Gasteiger partial charge in [0.25, 0.3) is 0 Å². The van der Waals surface area contributed by atoms with E-state index in [0.29, 0.717) is 0 Å². The van der Waals surface area contributed by atoms with Gasteiger partial charge in [-0.2, -0.15) is 0 Å². The Hall–Kier alpha value is -1.05. The van der Waals surface area contributed by atoms with Gasteiger partial charge in [0.05, 0.1) is 7.11 Å². The zero-order chi connectivity index (χ0) is 8.27. The second-order valence-corrected chi connectivity index (χ2v) is 2.47. The molecule has 1 heterocycles. The first-order chi connectivity index (χ1) is 5.29. The average Bonchev–Trinajstić information content (AvgIpc) is 2.04. The minimum atomic E-state index is 0.757. The van der Waals surface area contributed by atoms with Crippen LogP contribution >= 0.6 is 0 Å². The van der Waals surface area contributed by atoms with E-state index in [-0.39, 0.29) is 0 Å². The van der Waals surface area contributed by atoms with Gasteiger partial charge >= 0.3 is 0 Å². The third-order valence-corrected chi connectivity index (χ3v) is 1.80. The van der Waals surface area contributed by atoms with E-state index in [1.165, 1.54) is 11.1 Å². The van der Waals surface area contributed by atoms with E-state index in [9.17, 15) is 0 Å². The number of hydrogen-bond acceptors (Lipinski definition) is 2. The molecule has 0 aliphatic rings. The number of nitrogens with zero attached hydrogens (tertiary/aromatic N) is 1. The first-order valence-corrected chi connectivity index (χ1v) is 3.78. The fourth-order valence-electron chi connectivity index (χ4n) is 1.17. The van der Waals surface area contributed by atoms with Gasteiger partial charge in [-0.25, -0.2) is 4.98 Å². The summed E-state index contributed by atoms with van der Waals surface area (Å²) in [5.41, 5.74) is 2.45. The SMILES string of the molecule is CCc1c(C)ccnc1OC. The van der Waals surface area contributed by atoms with Gasteiger partial charge in [-0.1, -0.05) is 6.92 Å². The maximum atomic E-state index is 5.11. The molecule has 60 valence electrons. The van der Waals surface area contributed by atoms with Crippen LogP contribution in [0.3, 0.4) is 0 Å². The summed E-state index contributed by atoms with van der Waals surface area (Å²) in [6, 6.07) is 2.00. The third-order valence-electron chi connectivity index (χ3n) is 1.80. The van der Waals surface area contributed by atoms with Crippen LogP contribution < -0.4 is 4.74 Å². The highest BCUT2D eigenvalue weighted by Gasteiger charge is 2.03. The van der Waals surface area contributed by atoms with Crippen molar-refractivity contribution in [2.75, 3.05) is 7.11 Å². The van der Waals surface area contributed by atoms with Crippen LogP contribution in [0.1, 0.15) is 18.1 Å². The van der Waals surface area contributed by atoms with Crippen molar-refractivity contribution in [2.45, 2.75) is 20.3 Å². The molecule has 0 bridgehead atoms. The van der Waals surface area contributed by atoms with Crippen LogP contribution in [-0.2, 0) is 6.42 Å².